The van der Waals surface area contributed by atoms with Gasteiger partial charge in [-0.05, 0) is 117 Å². The first-order valence-corrected chi connectivity index (χ1v) is 13.3. The molecule has 3 saturated carbocycles. The Hall–Kier alpha value is -0.600. The normalized spacial score (nSPS) is 46.4. The maximum absolute atomic E-state index is 11.3. The highest BCUT2D eigenvalue weighted by Crippen LogP contribution is 2.67. The Kier molecular flexibility index (Phi) is 6.56. The van der Waals surface area contributed by atoms with E-state index in [4.69, 9.17) is 0 Å². The smallest absolute Gasteiger partial charge is 0.0757 e. The molecule has 0 saturated heterocycles. The molecule has 4 aliphatic rings. The zero-order chi connectivity index (χ0) is 22.6. The van der Waals surface area contributed by atoms with Gasteiger partial charge in [0.05, 0.1) is 12.2 Å². The minimum absolute atomic E-state index is 0.198. The van der Waals surface area contributed by atoms with Crippen molar-refractivity contribution in [2.75, 3.05) is 0 Å². The minimum atomic E-state index is -0.315. The van der Waals surface area contributed by atoms with Crippen LogP contribution in [0.25, 0.3) is 0 Å². The number of rotatable bonds is 6. The van der Waals surface area contributed by atoms with Crippen LogP contribution in [0.2, 0.25) is 0 Å². The van der Waals surface area contributed by atoms with E-state index in [0.29, 0.717) is 29.1 Å². The molecule has 2 N–H and O–H groups in total. The molecule has 0 bridgehead atoms. The summed E-state index contributed by atoms with van der Waals surface area (Å²) in [5, 5.41) is 21.6. The van der Waals surface area contributed by atoms with Crippen molar-refractivity contribution in [3.63, 3.8) is 0 Å². The molecule has 3 fully saturated rings. The SMILES string of the molecule is C=C(C)[C@@H](CC)CC[C@@H](C)[C@H]1CCC2C3C(O)C=C4C[C@@H](O)CC[C@]4(C)C3CC[C@@]21C. The van der Waals surface area contributed by atoms with Gasteiger partial charge in [-0.15, -0.1) is 0 Å². The summed E-state index contributed by atoms with van der Waals surface area (Å²) in [5.74, 6) is 3.88. The maximum Gasteiger partial charge on any atom is 0.0757 e. The van der Waals surface area contributed by atoms with Gasteiger partial charge in [0.1, 0.15) is 0 Å². The zero-order valence-electron chi connectivity index (χ0n) is 20.9. The summed E-state index contributed by atoms with van der Waals surface area (Å²) >= 11 is 0. The van der Waals surface area contributed by atoms with Crippen LogP contribution >= 0.6 is 0 Å². The molecule has 4 unspecified atom stereocenters. The van der Waals surface area contributed by atoms with Crippen molar-refractivity contribution in [2.45, 2.75) is 111 Å². The molecule has 10 atom stereocenters. The highest BCUT2D eigenvalue weighted by molar-refractivity contribution is 5.27. The van der Waals surface area contributed by atoms with Crippen molar-refractivity contribution in [3.8, 4) is 0 Å². The Morgan fingerprint density at radius 2 is 1.84 bits per heavy atom. The van der Waals surface area contributed by atoms with Crippen LogP contribution in [0, 0.1) is 46.3 Å². The van der Waals surface area contributed by atoms with Crippen LogP contribution in [-0.2, 0) is 0 Å². The molecular weight excluding hydrogens is 380 g/mol. The number of allylic oxidation sites excluding steroid dienone is 1. The molecule has 0 aromatic heterocycles. The fourth-order valence-corrected chi connectivity index (χ4v) is 9.07. The van der Waals surface area contributed by atoms with Gasteiger partial charge in [-0.3, -0.25) is 0 Å². The lowest BCUT2D eigenvalue weighted by Gasteiger charge is -2.59. The third kappa shape index (κ3) is 3.88. The standard InChI is InChI=1S/C29H48O2/c1-7-20(18(2)3)9-8-19(4)23-10-11-24-27-25(13-15-29(23,24)6)28(5)14-12-22(30)16-21(28)17-26(27)31/h17,19-20,22-27,30-31H,2,7-16H2,1,3-6H3/t19-,20+,22+,23-,24?,25?,26?,27?,28+,29-/m1/s1. The summed E-state index contributed by atoms with van der Waals surface area (Å²) < 4.78 is 0. The number of aliphatic hydroxyl groups is 2. The summed E-state index contributed by atoms with van der Waals surface area (Å²) in [6, 6.07) is 0. The molecule has 176 valence electrons. The van der Waals surface area contributed by atoms with Gasteiger partial charge >= 0.3 is 0 Å². The second-order valence-electron chi connectivity index (χ2n) is 12.5. The quantitative estimate of drug-likeness (QED) is 0.451. The lowest BCUT2D eigenvalue weighted by atomic mass is 9.46. The van der Waals surface area contributed by atoms with Crippen molar-refractivity contribution >= 4 is 0 Å². The zero-order valence-corrected chi connectivity index (χ0v) is 20.9. The Morgan fingerprint density at radius 3 is 2.52 bits per heavy atom. The van der Waals surface area contributed by atoms with Crippen LogP contribution in [0.1, 0.15) is 98.8 Å². The van der Waals surface area contributed by atoms with Crippen LogP contribution in [0.4, 0.5) is 0 Å². The molecule has 2 heteroatoms. The van der Waals surface area contributed by atoms with E-state index in [-0.39, 0.29) is 17.6 Å². The van der Waals surface area contributed by atoms with Gasteiger partial charge < -0.3 is 10.2 Å². The summed E-state index contributed by atoms with van der Waals surface area (Å²) in [4.78, 5) is 0. The van der Waals surface area contributed by atoms with E-state index in [1.807, 2.05) is 0 Å². The molecule has 0 amide bonds. The summed E-state index contributed by atoms with van der Waals surface area (Å²) in [6.45, 7) is 16.3. The van der Waals surface area contributed by atoms with Gasteiger partial charge in [-0.25, -0.2) is 0 Å². The van der Waals surface area contributed by atoms with Crippen LogP contribution < -0.4 is 0 Å². The molecule has 0 aromatic rings. The molecule has 2 nitrogen and oxygen atoms in total. The number of hydrogen-bond acceptors (Lipinski definition) is 2. The van der Waals surface area contributed by atoms with Crippen molar-refractivity contribution < 1.29 is 10.2 Å². The number of aliphatic hydroxyl groups excluding tert-OH is 2. The predicted octanol–water partition coefficient (Wildman–Crippen LogP) is 6.92. The Bertz CT molecular complexity index is 710. The minimum Gasteiger partial charge on any atom is -0.393 e. The van der Waals surface area contributed by atoms with Gasteiger partial charge in [0, 0.05) is 0 Å². The topological polar surface area (TPSA) is 40.5 Å². The second kappa shape index (κ2) is 8.64. The Morgan fingerprint density at radius 1 is 1.10 bits per heavy atom. The van der Waals surface area contributed by atoms with E-state index >= 15 is 0 Å². The van der Waals surface area contributed by atoms with Crippen LogP contribution in [0.15, 0.2) is 23.8 Å². The van der Waals surface area contributed by atoms with Gasteiger partial charge in [-0.1, -0.05) is 51.5 Å². The fourth-order valence-electron chi connectivity index (χ4n) is 9.07. The van der Waals surface area contributed by atoms with Gasteiger partial charge in [-0.2, -0.15) is 0 Å². The number of fused-ring (bicyclic) bond motifs is 5. The molecule has 4 rings (SSSR count). The van der Waals surface area contributed by atoms with Gasteiger partial charge in [0.15, 0.2) is 0 Å². The molecular formula is C29H48O2. The molecule has 0 spiro atoms. The first-order valence-electron chi connectivity index (χ1n) is 13.3. The average molecular weight is 429 g/mol. The van der Waals surface area contributed by atoms with Crippen molar-refractivity contribution in [1.29, 1.82) is 0 Å². The largest absolute Gasteiger partial charge is 0.393 e. The van der Waals surface area contributed by atoms with Gasteiger partial charge in [0.25, 0.3) is 0 Å². The average Bonchev–Trinajstić information content (AvgIpc) is 3.06. The van der Waals surface area contributed by atoms with E-state index in [9.17, 15) is 10.2 Å². The van der Waals surface area contributed by atoms with Crippen molar-refractivity contribution in [2.24, 2.45) is 46.3 Å². The van der Waals surface area contributed by atoms with Gasteiger partial charge in [0.2, 0.25) is 0 Å². The lowest BCUT2D eigenvalue weighted by Crippen LogP contribution is -2.54. The molecule has 0 heterocycles. The molecule has 31 heavy (non-hydrogen) atoms. The maximum atomic E-state index is 11.3. The second-order valence-corrected chi connectivity index (χ2v) is 12.5. The summed E-state index contributed by atoms with van der Waals surface area (Å²) in [5.41, 5.74) is 3.29. The third-order valence-corrected chi connectivity index (χ3v) is 11.0. The van der Waals surface area contributed by atoms with E-state index in [1.165, 1.54) is 56.1 Å². The molecule has 4 aliphatic carbocycles. The third-order valence-electron chi connectivity index (χ3n) is 11.0. The van der Waals surface area contributed by atoms with E-state index in [2.05, 4.69) is 47.3 Å². The fraction of sp³-hybridized carbons (Fsp3) is 0.862. The highest BCUT2D eigenvalue weighted by atomic mass is 16.3. The van der Waals surface area contributed by atoms with E-state index in [1.54, 1.807) is 0 Å². The Labute approximate surface area is 191 Å². The summed E-state index contributed by atoms with van der Waals surface area (Å²) in [7, 11) is 0. The van der Waals surface area contributed by atoms with Crippen molar-refractivity contribution in [1.82, 2.24) is 0 Å². The van der Waals surface area contributed by atoms with Crippen molar-refractivity contribution in [3.05, 3.63) is 23.8 Å². The molecule has 0 radical (unpaired) electrons. The van der Waals surface area contributed by atoms with E-state index in [0.717, 1.165) is 31.1 Å². The van der Waals surface area contributed by atoms with E-state index < -0.39 is 0 Å². The molecule has 0 aliphatic heterocycles. The summed E-state index contributed by atoms with van der Waals surface area (Å²) in [6.07, 6.45) is 13.5. The number of hydrogen-bond donors (Lipinski definition) is 2. The van der Waals surface area contributed by atoms with Crippen LogP contribution in [-0.4, -0.2) is 22.4 Å². The first-order chi connectivity index (χ1) is 14.6. The Balaban J connectivity index is 1.52. The first kappa shape index (κ1) is 23.6. The van der Waals surface area contributed by atoms with Crippen LogP contribution in [0.3, 0.4) is 0 Å². The predicted molar refractivity (Wildman–Crippen MR) is 130 cm³/mol. The monoisotopic (exact) mass is 428 g/mol. The highest BCUT2D eigenvalue weighted by Gasteiger charge is 2.61. The molecule has 0 aromatic carbocycles. The lowest BCUT2D eigenvalue weighted by molar-refractivity contribution is -0.0971. The van der Waals surface area contributed by atoms with Crippen LogP contribution in [0.5, 0.6) is 0 Å².